The van der Waals surface area contributed by atoms with Crippen LogP contribution in [0.15, 0.2) is 30.6 Å². The van der Waals surface area contributed by atoms with Crippen LogP contribution in [0.1, 0.15) is 38.2 Å². The molecule has 186 valence electrons. The molecule has 5 rings (SSSR count). The van der Waals surface area contributed by atoms with Crippen molar-refractivity contribution < 1.29 is 9.59 Å². The van der Waals surface area contributed by atoms with Crippen molar-refractivity contribution in [3.8, 4) is 0 Å². The number of fused-ring (bicyclic) bond motifs is 3. The Labute approximate surface area is 210 Å². The number of hydrogen-bond donors (Lipinski definition) is 2. The van der Waals surface area contributed by atoms with Crippen LogP contribution in [0, 0.1) is 0 Å². The van der Waals surface area contributed by atoms with Crippen molar-refractivity contribution in [3.05, 3.63) is 41.2 Å². The molecule has 3 unspecified atom stereocenters. The number of likely N-dealkylation sites (N-methyl/N-ethyl adjacent to an activating group) is 1. The molecule has 0 saturated carbocycles. The van der Waals surface area contributed by atoms with E-state index in [2.05, 4.69) is 39.3 Å². The Morgan fingerprint density at radius 3 is 2.51 bits per heavy atom. The molecule has 35 heavy (non-hydrogen) atoms. The molecule has 1 aromatic carbocycles. The Morgan fingerprint density at radius 1 is 1.17 bits per heavy atom. The zero-order valence-corrected chi connectivity index (χ0v) is 21.1. The maximum absolute atomic E-state index is 13.8. The first-order valence-electron chi connectivity index (χ1n) is 12.2. The fraction of sp³-hybridized carbons (Fsp3) is 0.520. The highest BCUT2D eigenvalue weighted by Gasteiger charge is 2.45. The molecular weight excluding hydrogens is 466 g/mol. The third kappa shape index (κ3) is 4.67. The van der Waals surface area contributed by atoms with Crippen LogP contribution in [0.3, 0.4) is 0 Å². The van der Waals surface area contributed by atoms with Gasteiger partial charge < -0.3 is 25.3 Å². The van der Waals surface area contributed by atoms with Gasteiger partial charge in [0.25, 0.3) is 0 Å². The van der Waals surface area contributed by atoms with Crippen LogP contribution in [0.25, 0.3) is 0 Å². The lowest BCUT2D eigenvalue weighted by Gasteiger charge is -2.44. The quantitative estimate of drug-likeness (QED) is 0.633. The second kappa shape index (κ2) is 9.62. The van der Waals surface area contributed by atoms with Crippen LogP contribution < -0.4 is 20.4 Å². The van der Waals surface area contributed by atoms with Gasteiger partial charge in [0.2, 0.25) is 11.8 Å². The highest BCUT2D eigenvalue weighted by atomic mass is 35.5. The fourth-order valence-electron chi connectivity index (χ4n) is 5.51. The van der Waals surface area contributed by atoms with Gasteiger partial charge in [0, 0.05) is 49.8 Å². The van der Waals surface area contributed by atoms with E-state index >= 15 is 0 Å². The number of carbonyl (C=O) groups excluding carboxylic acids is 2. The van der Waals surface area contributed by atoms with Gasteiger partial charge in [-0.05, 0) is 30.5 Å². The normalized spacial score (nSPS) is 22.3. The summed E-state index contributed by atoms with van der Waals surface area (Å²) >= 11 is 6.11. The molecule has 4 heterocycles. The zero-order valence-electron chi connectivity index (χ0n) is 20.4. The molecule has 0 spiro atoms. The van der Waals surface area contributed by atoms with Gasteiger partial charge in [0.1, 0.15) is 12.0 Å². The first-order valence-corrected chi connectivity index (χ1v) is 12.6. The number of aromatic nitrogens is 2. The van der Waals surface area contributed by atoms with E-state index in [1.807, 2.05) is 41.1 Å². The summed E-state index contributed by atoms with van der Waals surface area (Å²) in [6, 6.07) is 8.23. The number of anilines is 3. The molecule has 0 aliphatic carbocycles. The topological polar surface area (TPSA) is 93.7 Å². The van der Waals surface area contributed by atoms with Crippen molar-refractivity contribution in [2.24, 2.45) is 0 Å². The van der Waals surface area contributed by atoms with Crippen LogP contribution in [-0.4, -0.2) is 78.0 Å². The Bertz CT molecular complexity index is 1100. The van der Waals surface area contributed by atoms with Crippen LogP contribution in [-0.2, 0) is 9.59 Å². The Kier molecular flexibility index (Phi) is 6.55. The summed E-state index contributed by atoms with van der Waals surface area (Å²) in [5.41, 5.74) is 1.83. The van der Waals surface area contributed by atoms with Gasteiger partial charge in [-0.15, -0.1) is 0 Å². The van der Waals surface area contributed by atoms with Gasteiger partial charge in [0.05, 0.1) is 12.5 Å². The Balaban J connectivity index is 1.38. The van der Waals surface area contributed by atoms with E-state index in [1.165, 1.54) is 6.33 Å². The third-order valence-electron chi connectivity index (χ3n) is 7.16. The Morgan fingerprint density at radius 2 is 1.86 bits per heavy atom. The molecule has 2 N–H and O–H groups in total. The summed E-state index contributed by atoms with van der Waals surface area (Å²) in [5.74, 6) is 1.19. The first kappa shape index (κ1) is 23.8. The van der Waals surface area contributed by atoms with Crippen LogP contribution in [0.5, 0.6) is 0 Å². The number of benzene rings is 1. The average molecular weight is 498 g/mol. The third-order valence-corrected chi connectivity index (χ3v) is 7.41. The van der Waals surface area contributed by atoms with E-state index in [4.69, 9.17) is 11.6 Å². The second-order valence-corrected chi connectivity index (χ2v) is 10.4. The summed E-state index contributed by atoms with van der Waals surface area (Å²) in [6.45, 7) is 6.32. The van der Waals surface area contributed by atoms with Gasteiger partial charge in [0.15, 0.2) is 11.6 Å². The van der Waals surface area contributed by atoms with Crippen molar-refractivity contribution in [2.45, 2.75) is 50.7 Å². The smallest absolute Gasteiger partial charge is 0.245 e. The van der Waals surface area contributed by atoms with E-state index in [0.717, 1.165) is 29.9 Å². The van der Waals surface area contributed by atoms with Gasteiger partial charge in [-0.3, -0.25) is 9.59 Å². The molecule has 2 aromatic rings. The van der Waals surface area contributed by atoms with Crippen molar-refractivity contribution in [1.82, 2.24) is 20.2 Å². The molecule has 2 saturated heterocycles. The number of nitrogens with one attached hydrogen (secondary N) is 2. The first-order chi connectivity index (χ1) is 16.8. The van der Waals surface area contributed by atoms with Crippen molar-refractivity contribution in [2.75, 3.05) is 48.3 Å². The molecule has 3 aliphatic heterocycles. The standard InChI is InChI=1S/C25H32ClN7O2/c1-15(2)27-10-20(16-4-6-17(26)7-5-16)25(35)32-11-18-8-9-19(12-32)33(18)24-22-23(28-14-29-24)30-21(34)13-31(22)3/h4-7,14-15,18-20,27H,8-13H2,1-3H3,(H,28,29,30,34). The zero-order chi connectivity index (χ0) is 24.7. The molecule has 0 radical (unpaired) electrons. The van der Waals surface area contributed by atoms with Crippen LogP contribution >= 0.6 is 11.6 Å². The van der Waals surface area contributed by atoms with Gasteiger partial charge in [-0.25, -0.2) is 9.97 Å². The molecule has 3 aliphatic rings. The van der Waals surface area contributed by atoms with Crippen molar-refractivity contribution in [3.63, 3.8) is 0 Å². The molecule has 2 bridgehead atoms. The van der Waals surface area contributed by atoms with Crippen LogP contribution in [0.4, 0.5) is 17.3 Å². The molecule has 10 heteroatoms. The lowest BCUT2D eigenvalue weighted by atomic mass is 9.96. The molecule has 2 amide bonds. The maximum atomic E-state index is 13.8. The lowest BCUT2D eigenvalue weighted by molar-refractivity contribution is -0.133. The second-order valence-electron chi connectivity index (χ2n) is 10.0. The average Bonchev–Trinajstić information content (AvgIpc) is 3.08. The summed E-state index contributed by atoms with van der Waals surface area (Å²) in [4.78, 5) is 41.0. The van der Waals surface area contributed by atoms with Crippen LogP contribution in [0.2, 0.25) is 5.02 Å². The van der Waals surface area contributed by atoms with E-state index in [-0.39, 0.29) is 42.4 Å². The number of likely N-dealkylation sites (tertiary alicyclic amines) is 1. The number of rotatable bonds is 6. The molecule has 2 fully saturated rings. The molecule has 9 nitrogen and oxygen atoms in total. The number of amides is 2. The summed E-state index contributed by atoms with van der Waals surface area (Å²) in [5, 5.41) is 6.98. The lowest BCUT2D eigenvalue weighted by Crippen LogP contribution is -2.57. The minimum Gasteiger partial charge on any atom is -0.359 e. The number of piperazine rings is 1. The Hall–Kier alpha value is -2.91. The predicted octanol–water partition coefficient (Wildman–Crippen LogP) is 2.48. The number of hydrogen-bond acceptors (Lipinski definition) is 7. The SMILES string of the molecule is CC(C)NCC(C(=O)N1CC2CCC(C1)N2c1ncnc2c1N(C)CC(=O)N2)c1ccc(Cl)cc1. The van der Waals surface area contributed by atoms with Gasteiger partial charge in [-0.2, -0.15) is 0 Å². The fourth-order valence-corrected chi connectivity index (χ4v) is 5.64. The highest BCUT2D eigenvalue weighted by Crippen LogP contribution is 2.42. The number of nitrogens with zero attached hydrogens (tertiary/aromatic N) is 5. The van der Waals surface area contributed by atoms with Crippen molar-refractivity contribution >= 4 is 40.7 Å². The van der Waals surface area contributed by atoms with Gasteiger partial charge in [-0.1, -0.05) is 37.6 Å². The number of halogens is 1. The maximum Gasteiger partial charge on any atom is 0.245 e. The summed E-state index contributed by atoms with van der Waals surface area (Å²) in [7, 11) is 1.89. The molecule has 1 aromatic heterocycles. The van der Waals surface area contributed by atoms with E-state index in [1.54, 1.807) is 0 Å². The predicted molar refractivity (Wildman–Crippen MR) is 137 cm³/mol. The minimum absolute atomic E-state index is 0.0775. The van der Waals surface area contributed by atoms with E-state index < -0.39 is 0 Å². The van der Waals surface area contributed by atoms with Crippen molar-refractivity contribution in [1.29, 1.82) is 0 Å². The van der Waals surface area contributed by atoms with E-state index in [9.17, 15) is 9.59 Å². The molecular formula is C25H32ClN7O2. The molecule has 3 atom stereocenters. The van der Waals surface area contributed by atoms with Gasteiger partial charge >= 0.3 is 0 Å². The summed E-state index contributed by atoms with van der Waals surface area (Å²) in [6.07, 6.45) is 3.51. The monoisotopic (exact) mass is 497 g/mol. The number of carbonyl (C=O) groups is 2. The van der Waals surface area contributed by atoms with E-state index in [0.29, 0.717) is 30.5 Å². The minimum atomic E-state index is -0.270. The largest absolute Gasteiger partial charge is 0.359 e. The highest BCUT2D eigenvalue weighted by molar-refractivity contribution is 6.30. The summed E-state index contributed by atoms with van der Waals surface area (Å²) < 4.78 is 0.